The first-order valence-corrected chi connectivity index (χ1v) is 4.56. The first-order valence-electron chi connectivity index (χ1n) is 4.13. The molecule has 70 valence electrons. The van der Waals surface area contributed by atoms with Gasteiger partial charge in [-0.2, -0.15) is 0 Å². The summed E-state index contributed by atoms with van der Waals surface area (Å²) in [6, 6.07) is 0. The van der Waals surface area contributed by atoms with Gasteiger partial charge in [-0.3, -0.25) is 4.79 Å². The molecule has 0 bridgehead atoms. The lowest BCUT2D eigenvalue weighted by atomic mass is 10.3. The fraction of sp³-hybridized carbons (Fsp3) is 0.667. The third kappa shape index (κ3) is 6.23. The normalized spacial score (nSPS) is 13.2. The van der Waals surface area contributed by atoms with Gasteiger partial charge in [-0.1, -0.05) is 19.1 Å². The molecule has 0 aromatic rings. The molecule has 12 heavy (non-hydrogen) atoms. The lowest BCUT2D eigenvalue weighted by Crippen LogP contribution is -2.07. The minimum absolute atomic E-state index is 0.0281. The van der Waals surface area contributed by atoms with Crippen LogP contribution in [-0.4, -0.2) is 18.0 Å². The minimum atomic E-state index is -0.167. The Bertz CT molecular complexity index is 155. The van der Waals surface area contributed by atoms with Crippen LogP contribution in [0.1, 0.15) is 26.7 Å². The van der Waals surface area contributed by atoms with Crippen LogP contribution in [0.25, 0.3) is 0 Å². The van der Waals surface area contributed by atoms with Crippen molar-refractivity contribution < 1.29 is 9.53 Å². The molecule has 0 radical (unpaired) electrons. The second-order valence-electron chi connectivity index (χ2n) is 2.40. The van der Waals surface area contributed by atoms with Crippen LogP contribution in [0, 0.1) is 0 Å². The highest BCUT2D eigenvalue weighted by Gasteiger charge is 2.01. The monoisotopic (exact) mass is 190 g/mol. The van der Waals surface area contributed by atoms with Crippen LogP contribution in [-0.2, 0) is 9.53 Å². The Morgan fingerprint density at radius 1 is 1.67 bits per heavy atom. The van der Waals surface area contributed by atoms with Crippen LogP contribution in [0.5, 0.6) is 0 Å². The number of alkyl halides is 1. The highest BCUT2D eigenvalue weighted by molar-refractivity contribution is 6.21. The lowest BCUT2D eigenvalue weighted by molar-refractivity contribution is -0.143. The van der Waals surface area contributed by atoms with Gasteiger partial charge in [-0.25, -0.2) is 0 Å². The molecular formula is C9H15ClO2. The average molecular weight is 191 g/mol. The van der Waals surface area contributed by atoms with E-state index in [0.717, 1.165) is 0 Å². The number of hydrogen-bond acceptors (Lipinski definition) is 2. The van der Waals surface area contributed by atoms with Gasteiger partial charge in [0.25, 0.3) is 0 Å². The summed E-state index contributed by atoms with van der Waals surface area (Å²) in [5, 5.41) is -0.0281. The van der Waals surface area contributed by atoms with Crippen LogP contribution in [0.4, 0.5) is 0 Å². The molecule has 2 nitrogen and oxygen atoms in total. The van der Waals surface area contributed by atoms with Crippen molar-refractivity contribution in [2.45, 2.75) is 32.1 Å². The van der Waals surface area contributed by atoms with E-state index in [9.17, 15) is 4.79 Å². The van der Waals surface area contributed by atoms with Gasteiger partial charge in [0.2, 0.25) is 0 Å². The zero-order chi connectivity index (χ0) is 9.40. The van der Waals surface area contributed by atoms with E-state index in [1.807, 2.05) is 19.1 Å². The predicted molar refractivity (Wildman–Crippen MR) is 50.3 cm³/mol. The summed E-state index contributed by atoms with van der Waals surface area (Å²) in [6.45, 7) is 4.09. The molecular weight excluding hydrogens is 176 g/mol. The van der Waals surface area contributed by atoms with Crippen molar-refractivity contribution in [3.63, 3.8) is 0 Å². The SMILES string of the molecule is C/C=C/C(Cl)CCOC(=O)CC. The number of allylic oxidation sites excluding steroid dienone is 2. The van der Waals surface area contributed by atoms with E-state index in [1.54, 1.807) is 6.92 Å². The molecule has 0 aromatic carbocycles. The second kappa shape index (κ2) is 7.17. The summed E-state index contributed by atoms with van der Waals surface area (Å²) in [4.78, 5) is 10.7. The van der Waals surface area contributed by atoms with Crippen molar-refractivity contribution >= 4 is 17.6 Å². The Hall–Kier alpha value is -0.500. The summed E-state index contributed by atoms with van der Waals surface area (Å²) in [5.74, 6) is -0.167. The summed E-state index contributed by atoms with van der Waals surface area (Å²) in [7, 11) is 0. The molecule has 1 unspecified atom stereocenters. The molecule has 0 aliphatic heterocycles. The van der Waals surface area contributed by atoms with Crippen LogP contribution < -0.4 is 0 Å². The van der Waals surface area contributed by atoms with Crippen LogP contribution in [0.2, 0.25) is 0 Å². The number of carbonyl (C=O) groups is 1. The first-order chi connectivity index (χ1) is 5.70. The molecule has 0 aromatic heterocycles. The Morgan fingerprint density at radius 3 is 2.83 bits per heavy atom. The quantitative estimate of drug-likeness (QED) is 0.378. The number of esters is 1. The highest BCUT2D eigenvalue weighted by Crippen LogP contribution is 2.04. The van der Waals surface area contributed by atoms with Crippen molar-refractivity contribution in [2.24, 2.45) is 0 Å². The fourth-order valence-corrected chi connectivity index (χ4v) is 0.927. The second-order valence-corrected chi connectivity index (χ2v) is 2.97. The van der Waals surface area contributed by atoms with Crippen molar-refractivity contribution in [3.05, 3.63) is 12.2 Å². The van der Waals surface area contributed by atoms with E-state index in [2.05, 4.69) is 0 Å². The maximum absolute atomic E-state index is 10.7. The maximum atomic E-state index is 10.7. The summed E-state index contributed by atoms with van der Waals surface area (Å²) >= 11 is 5.83. The number of carbonyl (C=O) groups excluding carboxylic acids is 1. The van der Waals surface area contributed by atoms with Crippen LogP contribution in [0.3, 0.4) is 0 Å². The van der Waals surface area contributed by atoms with Crippen molar-refractivity contribution in [3.8, 4) is 0 Å². The average Bonchev–Trinajstić information content (AvgIpc) is 2.04. The maximum Gasteiger partial charge on any atom is 0.305 e. The van der Waals surface area contributed by atoms with E-state index < -0.39 is 0 Å². The van der Waals surface area contributed by atoms with Gasteiger partial charge < -0.3 is 4.74 Å². The van der Waals surface area contributed by atoms with E-state index in [4.69, 9.17) is 16.3 Å². The smallest absolute Gasteiger partial charge is 0.305 e. The fourth-order valence-electron chi connectivity index (χ4n) is 0.692. The summed E-state index contributed by atoms with van der Waals surface area (Å²) < 4.78 is 4.85. The zero-order valence-corrected chi connectivity index (χ0v) is 8.30. The van der Waals surface area contributed by atoms with Gasteiger partial charge in [-0.15, -0.1) is 11.6 Å². The van der Waals surface area contributed by atoms with Crippen molar-refractivity contribution in [1.29, 1.82) is 0 Å². The minimum Gasteiger partial charge on any atom is -0.466 e. The molecule has 1 atom stereocenters. The molecule has 0 saturated heterocycles. The number of rotatable bonds is 5. The third-order valence-electron chi connectivity index (χ3n) is 1.35. The molecule has 0 aliphatic rings. The molecule has 0 rings (SSSR count). The molecule has 0 heterocycles. The van der Waals surface area contributed by atoms with Crippen molar-refractivity contribution in [1.82, 2.24) is 0 Å². The summed E-state index contributed by atoms with van der Waals surface area (Å²) in [6.07, 6.45) is 4.87. The first kappa shape index (κ1) is 11.5. The number of hydrogen-bond donors (Lipinski definition) is 0. The van der Waals surface area contributed by atoms with E-state index in [1.165, 1.54) is 0 Å². The van der Waals surface area contributed by atoms with Crippen LogP contribution in [0.15, 0.2) is 12.2 Å². The van der Waals surface area contributed by atoms with Gasteiger partial charge in [0, 0.05) is 12.8 Å². The summed E-state index contributed by atoms with van der Waals surface area (Å²) in [5.41, 5.74) is 0. The van der Waals surface area contributed by atoms with Gasteiger partial charge in [-0.05, 0) is 6.92 Å². The molecule has 0 saturated carbocycles. The third-order valence-corrected chi connectivity index (χ3v) is 1.71. The van der Waals surface area contributed by atoms with Gasteiger partial charge >= 0.3 is 5.97 Å². The molecule has 0 N–H and O–H groups in total. The molecule has 0 aliphatic carbocycles. The largest absolute Gasteiger partial charge is 0.466 e. The standard InChI is InChI=1S/C9H15ClO2/c1-3-5-8(10)6-7-12-9(11)4-2/h3,5,8H,4,6-7H2,1-2H3/b5-3+. The molecule has 0 fully saturated rings. The molecule has 0 amide bonds. The molecule has 0 spiro atoms. The molecule has 3 heteroatoms. The Kier molecular flexibility index (Phi) is 6.87. The number of ether oxygens (including phenoxy) is 1. The van der Waals surface area contributed by atoms with Crippen LogP contribution >= 0.6 is 11.6 Å². The zero-order valence-electron chi connectivity index (χ0n) is 7.55. The van der Waals surface area contributed by atoms with E-state index in [0.29, 0.717) is 19.4 Å². The predicted octanol–water partition coefficient (Wildman–Crippen LogP) is 2.51. The van der Waals surface area contributed by atoms with Gasteiger partial charge in [0.15, 0.2) is 0 Å². The van der Waals surface area contributed by atoms with E-state index >= 15 is 0 Å². The van der Waals surface area contributed by atoms with E-state index in [-0.39, 0.29) is 11.3 Å². The Labute approximate surface area is 78.5 Å². The van der Waals surface area contributed by atoms with Crippen molar-refractivity contribution in [2.75, 3.05) is 6.61 Å². The number of halogens is 1. The lowest BCUT2D eigenvalue weighted by Gasteiger charge is -2.04. The Balaban J connectivity index is 3.36. The van der Waals surface area contributed by atoms with Gasteiger partial charge in [0.1, 0.15) is 0 Å². The van der Waals surface area contributed by atoms with Gasteiger partial charge in [0.05, 0.1) is 12.0 Å². The topological polar surface area (TPSA) is 26.3 Å². The highest BCUT2D eigenvalue weighted by atomic mass is 35.5. The Morgan fingerprint density at radius 2 is 2.33 bits per heavy atom.